The van der Waals surface area contributed by atoms with Crippen molar-refractivity contribution in [2.45, 2.75) is 43.9 Å². The Labute approximate surface area is 110 Å². The molecule has 0 radical (unpaired) electrons. The van der Waals surface area contributed by atoms with E-state index in [1.54, 1.807) is 0 Å². The maximum absolute atomic E-state index is 5.93. The van der Waals surface area contributed by atoms with Crippen molar-refractivity contribution in [2.24, 2.45) is 5.92 Å². The van der Waals surface area contributed by atoms with Gasteiger partial charge in [0.15, 0.2) is 0 Å². The van der Waals surface area contributed by atoms with E-state index in [9.17, 15) is 0 Å². The van der Waals surface area contributed by atoms with Crippen LogP contribution in [0, 0.1) is 5.92 Å². The van der Waals surface area contributed by atoms with Crippen LogP contribution in [0.4, 0.5) is 0 Å². The molecular weight excluding hydrogens is 230 g/mol. The van der Waals surface area contributed by atoms with Gasteiger partial charge in [-0.2, -0.15) is 0 Å². The van der Waals surface area contributed by atoms with Crippen LogP contribution < -0.4 is 0 Å². The summed E-state index contributed by atoms with van der Waals surface area (Å²) in [5.41, 5.74) is 0. The van der Waals surface area contributed by atoms with Crippen molar-refractivity contribution < 1.29 is 14.2 Å². The van der Waals surface area contributed by atoms with Crippen LogP contribution in [0.5, 0.6) is 0 Å². The van der Waals surface area contributed by atoms with Gasteiger partial charge in [-0.3, -0.25) is 4.90 Å². The highest BCUT2D eigenvalue weighted by Gasteiger charge is 2.44. The number of ether oxygens (including phenoxy) is 3. The van der Waals surface area contributed by atoms with Crippen LogP contribution in [0.15, 0.2) is 0 Å². The number of likely N-dealkylation sites (tertiary alicyclic amines) is 1. The smallest absolute Gasteiger partial charge is 0.100 e. The molecular formula is C14H25NO3. The predicted molar refractivity (Wildman–Crippen MR) is 68.7 cm³/mol. The molecule has 0 amide bonds. The van der Waals surface area contributed by atoms with E-state index in [1.165, 1.54) is 32.2 Å². The Kier molecular flexibility index (Phi) is 4.19. The Morgan fingerprint density at radius 3 is 2.78 bits per heavy atom. The molecule has 0 unspecified atom stereocenters. The average molecular weight is 255 g/mol. The minimum absolute atomic E-state index is 0.273. The monoisotopic (exact) mass is 255 g/mol. The molecule has 0 N–H and O–H groups in total. The molecule has 0 aromatic carbocycles. The molecule has 3 atom stereocenters. The van der Waals surface area contributed by atoms with E-state index in [1.807, 2.05) is 7.11 Å². The molecule has 0 aromatic rings. The number of nitrogens with zero attached hydrogens (tertiary/aromatic N) is 1. The van der Waals surface area contributed by atoms with Crippen molar-refractivity contribution >= 4 is 0 Å². The Bertz CT molecular complexity index is 268. The third-order valence-electron chi connectivity index (χ3n) is 4.72. The number of hydrogen-bond donors (Lipinski definition) is 0. The molecule has 3 saturated heterocycles. The third-order valence-corrected chi connectivity index (χ3v) is 4.72. The largest absolute Gasteiger partial charge is 0.381 e. The van der Waals surface area contributed by atoms with Crippen molar-refractivity contribution in [3.63, 3.8) is 0 Å². The fraction of sp³-hybridized carbons (Fsp3) is 1.00. The first kappa shape index (κ1) is 12.9. The Hall–Kier alpha value is -0.160. The van der Waals surface area contributed by atoms with Gasteiger partial charge in [-0.1, -0.05) is 0 Å². The molecule has 0 saturated carbocycles. The van der Waals surface area contributed by atoms with Gasteiger partial charge >= 0.3 is 0 Å². The first-order valence-corrected chi connectivity index (χ1v) is 7.34. The van der Waals surface area contributed by atoms with Gasteiger partial charge in [-0.05, 0) is 31.6 Å². The van der Waals surface area contributed by atoms with Gasteiger partial charge < -0.3 is 14.2 Å². The second kappa shape index (κ2) is 5.87. The Morgan fingerprint density at radius 2 is 2.00 bits per heavy atom. The van der Waals surface area contributed by atoms with E-state index >= 15 is 0 Å². The minimum atomic E-state index is 0.273. The van der Waals surface area contributed by atoms with Gasteiger partial charge in [0.05, 0.1) is 6.10 Å². The molecule has 3 heterocycles. The standard InChI is InChI=1S/C14H25NO3/c1-16-13-10-15(9-11-4-7-17-8-5-11)12-3-2-6-18-14(12)13/h11-14H,2-10H2,1H3/t12-,13+,14+/m1/s1. The molecule has 0 spiro atoms. The molecule has 18 heavy (non-hydrogen) atoms. The number of methoxy groups -OCH3 is 1. The maximum Gasteiger partial charge on any atom is 0.100 e. The summed E-state index contributed by atoms with van der Waals surface area (Å²) < 4.78 is 17.0. The highest BCUT2D eigenvalue weighted by atomic mass is 16.5. The Balaban J connectivity index is 1.60. The van der Waals surface area contributed by atoms with Crippen molar-refractivity contribution in [3.8, 4) is 0 Å². The van der Waals surface area contributed by atoms with Crippen LogP contribution in [-0.2, 0) is 14.2 Å². The predicted octanol–water partition coefficient (Wildman–Crippen LogP) is 1.29. The lowest BCUT2D eigenvalue weighted by Gasteiger charge is -2.34. The maximum atomic E-state index is 5.93. The van der Waals surface area contributed by atoms with E-state index in [0.717, 1.165) is 32.3 Å². The van der Waals surface area contributed by atoms with E-state index < -0.39 is 0 Å². The van der Waals surface area contributed by atoms with Crippen LogP contribution in [0.2, 0.25) is 0 Å². The lowest BCUT2D eigenvalue weighted by Crippen LogP contribution is -2.43. The van der Waals surface area contributed by atoms with Crippen molar-refractivity contribution in [3.05, 3.63) is 0 Å². The van der Waals surface area contributed by atoms with Crippen LogP contribution >= 0.6 is 0 Å². The van der Waals surface area contributed by atoms with Crippen molar-refractivity contribution in [1.29, 1.82) is 0 Å². The number of hydrogen-bond acceptors (Lipinski definition) is 4. The van der Waals surface area contributed by atoms with Crippen LogP contribution in [-0.4, -0.2) is 63.2 Å². The lowest BCUT2D eigenvalue weighted by molar-refractivity contribution is -0.0663. The van der Waals surface area contributed by atoms with E-state index in [2.05, 4.69) is 4.90 Å². The summed E-state index contributed by atoms with van der Waals surface area (Å²) in [6, 6.07) is 0.589. The molecule has 0 aromatic heterocycles. The topological polar surface area (TPSA) is 30.9 Å². The van der Waals surface area contributed by atoms with Crippen LogP contribution in [0.25, 0.3) is 0 Å². The first-order valence-electron chi connectivity index (χ1n) is 7.34. The molecule has 104 valence electrons. The first-order chi connectivity index (χ1) is 8.88. The van der Waals surface area contributed by atoms with Gasteiger partial charge in [0, 0.05) is 46.1 Å². The summed E-state index contributed by atoms with van der Waals surface area (Å²) in [5, 5.41) is 0. The summed E-state index contributed by atoms with van der Waals surface area (Å²) in [6.07, 6.45) is 5.48. The van der Waals surface area contributed by atoms with Crippen LogP contribution in [0.3, 0.4) is 0 Å². The highest BCUT2D eigenvalue weighted by molar-refractivity contribution is 4.97. The Morgan fingerprint density at radius 1 is 1.17 bits per heavy atom. The highest BCUT2D eigenvalue weighted by Crippen LogP contribution is 2.32. The fourth-order valence-corrected chi connectivity index (χ4v) is 3.68. The summed E-state index contributed by atoms with van der Waals surface area (Å²) >= 11 is 0. The zero-order valence-electron chi connectivity index (χ0n) is 11.3. The molecule has 4 nitrogen and oxygen atoms in total. The summed E-state index contributed by atoms with van der Waals surface area (Å²) in [5.74, 6) is 0.803. The third kappa shape index (κ3) is 2.57. The molecule has 0 bridgehead atoms. The lowest BCUT2D eigenvalue weighted by atomic mass is 9.97. The SMILES string of the molecule is CO[C@H]1CN(CC2CCOCC2)[C@@H]2CCCO[C@H]12. The van der Waals surface area contributed by atoms with E-state index in [4.69, 9.17) is 14.2 Å². The normalized spacial score (nSPS) is 38.8. The van der Waals surface area contributed by atoms with Gasteiger partial charge in [0.25, 0.3) is 0 Å². The molecule has 0 aliphatic carbocycles. The molecule has 4 heteroatoms. The second-order valence-corrected chi connectivity index (χ2v) is 5.83. The summed E-state index contributed by atoms with van der Waals surface area (Å²) in [6.45, 7) is 5.04. The fourth-order valence-electron chi connectivity index (χ4n) is 3.68. The number of fused-ring (bicyclic) bond motifs is 1. The molecule has 3 fully saturated rings. The van der Waals surface area contributed by atoms with Gasteiger partial charge in [-0.15, -0.1) is 0 Å². The second-order valence-electron chi connectivity index (χ2n) is 5.83. The molecule has 3 aliphatic rings. The zero-order valence-corrected chi connectivity index (χ0v) is 11.3. The zero-order chi connectivity index (χ0) is 12.4. The van der Waals surface area contributed by atoms with Gasteiger partial charge in [0.1, 0.15) is 6.10 Å². The van der Waals surface area contributed by atoms with E-state index in [0.29, 0.717) is 12.1 Å². The quantitative estimate of drug-likeness (QED) is 0.760. The summed E-state index contributed by atoms with van der Waals surface area (Å²) in [7, 11) is 1.82. The number of rotatable bonds is 3. The average Bonchev–Trinajstić information content (AvgIpc) is 2.78. The van der Waals surface area contributed by atoms with Gasteiger partial charge in [-0.25, -0.2) is 0 Å². The van der Waals surface area contributed by atoms with E-state index in [-0.39, 0.29) is 6.10 Å². The molecule has 3 aliphatic heterocycles. The van der Waals surface area contributed by atoms with Crippen molar-refractivity contribution in [1.82, 2.24) is 4.90 Å². The minimum Gasteiger partial charge on any atom is -0.381 e. The molecule has 3 rings (SSSR count). The van der Waals surface area contributed by atoms with Gasteiger partial charge in [0.2, 0.25) is 0 Å². The van der Waals surface area contributed by atoms with Crippen molar-refractivity contribution in [2.75, 3.05) is 40.0 Å². The summed E-state index contributed by atoms with van der Waals surface area (Å²) in [4.78, 5) is 2.62. The van der Waals surface area contributed by atoms with Crippen LogP contribution in [0.1, 0.15) is 25.7 Å².